The van der Waals surface area contributed by atoms with Crippen molar-refractivity contribution in [1.82, 2.24) is 16.2 Å². The van der Waals surface area contributed by atoms with Crippen molar-refractivity contribution in [3.8, 4) is 5.75 Å². The van der Waals surface area contributed by atoms with E-state index in [2.05, 4.69) is 16.2 Å². The molecule has 0 unspecified atom stereocenters. The van der Waals surface area contributed by atoms with Gasteiger partial charge in [-0.05, 0) is 31.9 Å². The molecule has 7 nitrogen and oxygen atoms in total. The fourth-order valence-corrected chi connectivity index (χ4v) is 2.74. The summed E-state index contributed by atoms with van der Waals surface area (Å²) in [7, 11) is 0. The molecule has 0 radical (unpaired) electrons. The molecule has 1 fully saturated rings. The summed E-state index contributed by atoms with van der Waals surface area (Å²) in [5.41, 5.74) is 4.38. The minimum absolute atomic E-state index is 0.0414. The quantitative estimate of drug-likeness (QED) is 0.665. The van der Waals surface area contributed by atoms with Gasteiger partial charge in [-0.25, -0.2) is 4.39 Å². The van der Waals surface area contributed by atoms with Gasteiger partial charge in [0.2, 0.25) is 5.91 Å². The highest BCUT2D eigenvalue weighted by molar-refractivity contribution is 5.88. The number of para-hydroxylation sites is 1. The zero-order valence-electron chi connectivity index (χ0n) is 14.7. The van der Waals surface area contributed by atoms with Crippen LogP contribution in [0.1, 0.15) is 39.0 Å². The Bertz CT molecular complexity index is 647. The number of benzene rings is 1. The Morgan fingerprint density at radius 1 is 1.15 bits per heavy atom. The molecule has 0 saturated heterocycles. The topological polar surface area (TPSA) is 96.5 Å². The van der Waals surface area contributed by atoms with Crippen LogP contribution in [-0.2, 0) is 14.4 Å². The maximum Gasteiger partial charge on any atom is 0.279 e. The summed E-state index contributed by atoms with van der Waals surface area (Å²) in [6.07, 6.45) is 3.87. The Balaban J connectivity index is 1.68. The molecule has 0 aromatic heterocycles. The normalized spacial score (nSPS) is 15.6. The third-order valence-corrected chi connectivity index (χ3v) is 4.23. The van der Waals surface area contributed by atoms with Gasteiger partial charge in [-0.15, -0.1) is 0 Å². The lowest BCUT2D eigenvalue weighted by molar-refractivity contribution is -0.133. The zero-order valence-corrected chi connectivity index (χ0v) is 14.7. The molecule has 142 valence electrons. The third-order valence-electron chi connectivity index (χ3n) is 4.23. The third kappa shape index (κ3) is 6.02. The number of amides is 3. The van der Waals surface area contributed by atoms with E-state index in [1.54, 1.807) is 6.07 Å². The molecule has 2 rings (SSSR count). The molecule has 3 N–H and O–H groups in total. The highest BCUT2D eigenvalue weighted by Crippen LogP contribution is 2.23. The first-order chi connectivity index (χ1) is 12.5. The Morgan fingerprint density at radius 3 is 2.54 bits per heavy atom. The zero-order chi connectivity index (χ0) is 18.9. The molecule has 1 aliphatic carbocycles. The van der Waals surface area contributed by atoms with Crippen LogP contribution in [0, 0.1) is 11.7 Å². The molecule has 26 heavy (non-hydrogen) atoms. The van der Waals surface area contributed by atoms with Gasteiger partial charge in [0.15, 0.2) is 17.7 Å². The van der Waals surface area contributed by atoms with Crippen molar-refractivity contribution >= 4 is 17.7 Å². The van der Waals surface area contributed by atoms with Crippen molar-refractivity contribution in [3.63, 3.8) is 0 Å². The van der Waals surface area contributed by atoms with Crippen molar-refractivity contribution in [3.05, 3.63) is 30.1 Å². The Hall–Kier alpha value is -2.64. The van der Waals surface area contributed by atoms with E-state index in [-0.39, 0.29) is 24.1 Å². The lowest BCUT2D eigenvalue weighted by Gasteiger charge is -2.20. The van der Waals surface area contributed by atoms with Crippen molar-refractivity contribution in [2.24, 2.45) is 5.92 Å². The molecule has 0 heterocycles. The summed E-state index contributed by atoms with van der Waals surface area (Å²) in [4.78, 5) is 35.6. The molecule has 1 aliphatic rings. The van der Waals surface area contributed by atoms with E-state index < -0.39 is 23.7 Å². The van der Waals surface area contributed by atoms with E-state index in [1.807, 2.05) is 0 Å². The summed E-state index contributed by atoms with van der Waals surface area (Å²) in [5.74, 6) is -2.01. The summed E-state index contributed by atoms with van der Waals surface area (Å²) in [6, 6.07) is 5.71. The fourth-order valence-electron chi connectivity index (χ4n) is 2.74. The predicted molar refractivity (Wildman–Crippen MR) is 92.4 cm³/mol. The average molecular weight is 365 g/mol. The van der Waals surface area contributed by atoms with Crippen LogP contribution in [0.3, 0.4) is 0 Å². The minimum atomic E-state index is -1.01. The molecule has 0 bridgehead atoms. The molecular formula is C18H24FN3O4. The van der Waals surface area contributed by atoms with Crippen molar-refractivity contribution in [2.45, 2.75) is 45.1 Å². The van der Waals surface area contributed by atoms with Crippen molar-refractivity contribution < 1.29 is 23.5 Å². The summed E-state index contributed by atoms with van der Waals surface area (Å²) >= 11 is 0. The van der Waals surface area contributed by atoms with E-state index in [4.69, 9.17) is 4.74 Å². The van der Waals surface area contributed by atoms with E-state index >= 15 is 0 Å². The first-order valence-electron chi connectivity index (χ1n) is 8.75. The number of carbonyl (C=O) groups is 3. The molecule has 8 heteroatoms. The molecule has 1 aromatic carbocycles. The monoisotopic (exact) mass is 365 g/mol. The Kier molecular flexibility index (Phi) is 7.37. The number of carbonyl (C=O) groups excluding carboxylic acids is 3. The second-order valence-corrected chi connectivity index (χ2v) is 6.28. The molecule has 0 spiro atoms. The maximum absolute atomic E-state index is 13.5. The largest absolute Gasteiger partial charge is 0.478 e. The molecule has 1 saturated carbocycles. The first-order valence-corrected chi connectivity index (χ1v) is 8.75. The SMILES string of the molecule is C[C@@H](Oc1ccccc1F)C(=O)NNC(=O)CNC(=O)C1CCCCC1. The van der Waals surface area contributed by atoms with Crippen LogP contribution < -0.4 is 20.9 Å². The number of rotatable bonds is 6. The van der Waals surface area contributed by atoms with E-state index in [1.165, 1.54) is 25.1 Å². The number of ether oxygens (including phenoxy) is 1. The van der Waals surface area contributed by atoms with E-state index in [0.29, 0.717) is 0 Å². The minimum Gasteiger partial charge on any atom is -0.478 e. The van der Waals surface area contributed by atoms with Gasteiger partial charge in [-0.1, -0.05) is 31.4 Å². The standard InChI is InChI=1S/C18H24FN3O4/c1-12(26-15-10-6-5-9-14(15)19)17(24)22-21-16(23)11-20-18(25)13-7-3-2-4-8-13/h5-6,9-10,12-13H,2-4,7-8,11H2,1H3,(H,20,25)(H,21,23)(H,22,24)/t12-/m1/s1. The van der Waals surface area contributed by atoms with Crippen LogP contribution >= 0.6 is 0 Å². The van der Waals surface area contributed by atoms with Gasteiger partial charge in [-0.3, -0.25) is 25.2 Å². The smallest absolute Gasteiger partial charge is 0.279 e. The lowest BCUT2D eigenvalue weighted by atomic mass is 9.89. The lowest BCUT2D eigenvalue weighted by Crippen LogP contribution is -2.50. The summed E-state index contributed by atoms with van der Waals surface area (Å²) in [6.45, 7) is 1.21. The van der Waals surface area contributed by atoms with Gasteiger partial charge in [0.05, 0.1) is 6.54 Å². The van der Waals surface area contributed by atoms with E-state index in [9.17, 15) is 18.8 Å². The van der Waals surface area contributed by atoms with Crippen LogP contribution in [0.5, 0.6) is 5.75 Å². The number of hydrazine groups is 1. The fraction of sp³-hybridized carbons (Fsp3) is 0.500. The van der Waals surface area contributed by atoms with Gasteiger partial charge >= 0.3 is 0 Å². The second kappa shape index (κ2) is 9.74. The van der Waals surface area contributed by atoms with Crippen LogP contribution in [0.2, 0.25) is 0 Å². The van der Waals surface area contributed by atoms with E-state index in [0.717, 1.165) is 32.1 Å². The molecular weight excluding hydrogens is 341 g/mol. The molecule has 0 aliphatic heterocycles. The molecule has 1 atom stereocenters. The van der Waals surface area contributed by atoms with Crippen LogP contribution in [-0.4, -0.2) is 30.4 Å². The molecule has 3 amide bonds. The van der Waals surface area contributed by atoms with Gasteiger partial charge in [0.1, 0.15) is 0 Å². The van der Waals surface area contributed by atoms with Gasteiger partial charge in [0.25, 0.3) is 11.8 Å². The molecule has 1 aromatic rings. The van der Waals surface area contributed by atoms with Crippen LogP contribution in [0.4, 0.5) is 4.39 Å². The van der Waals surface area contributed by atoms with Gasteiger partial charge in [0, 0.05) is 5.92 Å². The number of nitrogens with one attached hydrogen (secondary N) is 3. The Labute approximate surface area is 151 Å². The first kappa shape index (κ1) is 19.7. The van der Waals surface area contributed by atoms with Crippen LogP contribution in [0.15, 0.2) is 24.3 Å². The van der Waals surface area contributed by atoms with Crippen LogP contribution in [0.25, 0.3) is 0 Å². The Morgan fingerprint density at radius 2 is 1.85 bits per heavy atom. The predicted octanol–water partition coefficient (Wildman–Crippen LogP) is 1.44. The number of hydrogen-bond donors (Lipinski definition) is 3. The maximum atomic E-state index is 13.5. The highest BCUT2D eigenvalue weighted by Gasteiger charge is 2.21. The summed E-state index contributed by atoms with van der Waals surface area (Å²) in [5, 5.41) is 2.57. The number of hydrogen-bond acceptors (Lipinski definition) is 4. The average Bonchev–Trinajstić information content (AvgIpc) is 2.66. The highest BCUT2D eigenvalue weighted by atomic mass is 19.1. The number of halogens is 1. The van der Waals surface area contributed by atoms with Gasteiger partial charge < -0.3 is 10.1 Å². The van der Waals surface area contributed by atoms with Crippen molar-refractivity contribution in [2.75, 3.05) is 6.54 Å². The van der Waals surface area contributed by atoms with Gasteiger partial charge in [-0.2, -0.15) is 0 Å². The van der Waals surface area contributed by atoms with Crippen molar-refractivity contribution in [1.29, 1.82) is 0 Å². The second-order valence-electron chi connectivity index (χ2n) is 6.28. The summed E-state index contributed by atoms with van der Waals surface area (Å²) < 4.78 is 18.7.